The van der Waals surface area contributed by atoms with Gasteiger partial charge in [-0.1, -0.05) is 12.1 Å². The van der Waals surface area contributed by atoms with Crippen LogP contribution in [-0.2, 0) is 14.3 Å². The average Bonchev–Trinajstić information content (AvgIpc) is 2.60. The number of nitrogens with zero attached hydrogens (tertiary/aromatic N) is 1. The summed E-state index contributed by atoms with van der Waals surface area (Å²) in [4.78, 5) is 26.2. The minimum absolute atomic E-state index is 0.151. The maximum absolute atomic E-state index is 12.9. The van der Waals surface area contributed by atoms with E-state index in [-0.39, 0.29) is 24.4 Å². The Labute approximate surface area is 150 Å². The summed E-state index contributed by atoms with van der Waals surface area (Å²) in [5, 5.41) is 0. The Kier molecular flexibility index (Phi) is 9.62. The van der Waals surface area contributed by atoms with Gasteiger partial charge in [0.15, 0.2) is 0 Å². The zero-order chi connectivity index (χ0) is 18.7. The predicted molar refractivity (Wildman–Crippen MR) is 95.9 cm³/mol. The lowest BCUT2D eigenvalue weighted by Crippen LogP contribution is -2.35. The second-order valence-corrected chi connectivity index (χ2v) is 5.82. The maximum atomic E-state index is 12.9. The van der Waals surface area contributed by atoms with E-state index in [9.17, 15) is 9.59 Å². The minimum atomic E-state index is -0.307. The van der Waals surface area contributed by atoms with Crippen LogP contribution in [0.4, 0.5) is 0 Å². The average molecular weight is 351 g/mol. The van der Waals surface area contributed by atoms with Gasteiger partial charge in [0.1, 0.15) is 5.75 Å². The topological polar surface area (TPSA) is 65.1 Å². The summed E-state index contributed by atoms with van der Waals surface area (Å²) in [7, 11) is 1.53. The molecule has 0 aliphatic carbocycles. The van der Waals surface area contributed by atoms with Crippen LogP contribution < -0.4 is 4.74 Å². The van der Waals surface area contributed by atoms with Crippen molar-refractivity contribution in [1.29, 1.82) is 0 Å². The predicted octanol–water partition coefficient (Wildman–Crippen LogP) is 2.91. The molecule has 0 atom stereocenters. The van der Waals surface area contributed by atoms with E-state index >= 15 is 0 Å². The summed E-state index contributed by atoms with van der Waals surface area (Å²) in [6.07, 6.45) is 1.01. The van der Waals surface area contributed by atoms with E-state index in [4.69, 9.17) is 14.2 Å². The van der Waals surface area contributed by atoms with E-state index in [1.165, 1.54) is 7.11 Å². The zero-order valence-electron chi connectivity index (χ0n) is 15.6. The lowest BCUT2D eigenvalue weighted by Gasteiger charge is -2.23. The van der Waals surface area contributed by atoms with Gasteiger partial charge in [0.05, 0.1) is 31.8 Å². The second kappa shape index (κ2) is 11.5. The first-order valence-corrected chi connectivity index (χ1v) is 8.69. The molecule has 0 unspecified atom stereocenters. The van der Waals surface area contributed by atoms with Crippen LogP contribution in [0.25, 0.3) is 0 Å². The monoisotopic (exact) mass is 351 g/mol. The standard InChI is InChI=1S/C19H29NO5/c1-5-24-18(21)11-13-20(12-8-14-25-15(2)3)19(22)16-9-6-7-10-17(16)23-4/h6-7,9-10,15H,5,8,11-14H2,1-4H3. The van der Waals surface area contributed by atoms with Crippen molar-refractivity contribution in [2.45, 2.75) is 39.7 Å². The molecule has 1 rings (SSSR count). The summed E-state index contributed by atoms with van der Waals surface area (Å²) >= 11 is 0. The van der Waals surface area contributed by atoms with Crippen molar-refractivity contribution in [3.63, 3.8) is 0 Å². The number of benzene rings is 1. The number of carbonyl (C=O) groups is 2. The van der Waals surface area contributed by atoms with Crippen LogP contribution in [0.3, 0.4) is 0 Å². The molecule has 0 heterocycles. The van der Waals surface area contributed by atoms with Crippen molar-refractivity contribution in [3.8, 4) is 5.75 Å². The number of carbonyl (C=O) groups excluding carboxylic acids is 2. The molecule has 6 heteroatoms. The van der Waals surface area contributed by atoms with Crippen molar-refractivity contribution in [1.82, 2.24) is 4.90 Å². The van der Waals surface area contributed by atoms with Gasteiger partial charge in [0.2, 0.25) is 0 Å². The summed E-state index contributed by atoms with van der Waals surface area (Å²) in [5.74, 6) is 0.0529. The van der Waals surface area contributed by atoms with Gasteiger partial charge in [-0.3, -0.25) is 9.59 Å². The largest absolute Gasteiger partial charge is 0.496 e. The lowest BCUT2D eigenvalue weighted by molar-refractivity contribution is -0.143. The molecule has 0 saturated carbocycles. The van der Waals surface area contributed by atoms with Gasteiger partial charge in [-0.05, 0) is 39.3 Å². The molecule has 0 aliphatic rings. The first-order chi connectivity index (χ1) is 12.0. The van der Waals surface area contributed by atoms with Gasteiger partial charge in [-0.15, -0.1) is 0 Å². The van der Waals surface area contributed by atoms with E-state index in [0.717, 1.165) is 0 Å². The molecule has 0 saturated heterocycles. The van der Waals surface area contributed by atoms with Crippen molar-refractivity contribution < 1.29 is 23.8 Å². The number of methoxy groups -OCH3 is 1. The Balaban J connectivity index is 2.77. The minimum Gasteiger partial charge on any atom is -0.496 e. The van der Waals surface area contributed by atoms with Gasteiger partial charge >= 0.3 is 5.97 Å². The van der Waals surface area contributed by atoms with Crippen molar-refractivity contribution >= 4 is 11.9 Å². The lowest BCUT2D eigenvalue weighted by atomic mass is 10.1. The fourth-order valence-corrected chi connectivity index (χ4v) is 2.34. The number of rotatable bonds is 11. The smallest absolute Gasteiger partial charge is 0.307 e. The Morgan fingerprint density at radius 3 is 2.52 bits per heavy atom. The third kappa shape index (κ3) is 7.56. The number of ether oxygens (including phenoxy) is 3. The third-order valence-electron chi connectivity index (χ3n) is 3.54. The quantitative estimate of drug-likeness (QED) is 0.453. The van der Waals surface area contributed by atoms with Crippen LogP contribution in [0, 0.1) is 0 Å². The van der Waals surface area contributed by atoms with Crippen LogP contribution >= 0.6 is 0 Å². The van der Waals surface area contributed by atoms with Crippen LogP contribution in [0.2, 0.25) is 0 Å². The summed E-state index contributed by atoms with van der Waals surface area (Å²) in [5.41, 5.74) is 0.485. The molecule has 140 valence electrons. The highest BCUT2D eigenvalue weighted by Gasteiger charge is 2.20. The zero-order valence-corrected chi connectivity index (χ0v) is 15.6. The van der Waals surface area contributed by atoms with Crippen LogP contribution in [-0.4, -0.2) is 56.3 Å². The Morgan fingerprint density at radius 1 is 1.16 bits per heavy atom. The fraction of sp³-hybridized carbons (Fsp3) is 0.579. The molecular weight excluding hydrogens is 322 g/mol. The van der Waals surface area contributed by atoms with E-state index in [1.54, 1.807) is 30.0 Å². The molecule has 0 aromatic heterocycles. The molecular formula is C19H29NO5. The van der Waals surface area contributed by atoms with Gasteiger partial charge in [-0.25, -0.2) is 0 Å². The highest BCUT2D eigenvalue weighted by atomic mass is 16.5. The molecule has 0 fully saturated rings. The van der Waals surface area contributed by atoms with E-state index in [0.29, 0.717) is 44.0 Å². The van der Waals surface area contributed by atoms with Crippen LogP contribution in [0.1, 0.15) is 44.0 Å². The Morgan fingerprint density at radius 2 is 1.88 bits per heavy atom. The van der Waals surface area contributed by atoms with E-state index in [1.807, 2.05) is 19.9 Å². The first-order valence-electron chi connectivity index (χ1n) is 8.69. The number of esters is 1. The second-order valence-electron chi connectivity index (χ2n) is 5.82. The highest BCUT2D eigenvalue weighted by Crippen LogP contribution is 2.19. The molecule has 1 amide bonds. The summed E-state index contributed by atoms with van der Waals surface area (Å²) < 4.78 is 15.8. The molecule has 1 aromatic rings. The SMILES string of the molecule is CCOC(=O)CCN(CCCOC(C)C)C(=O)c1ccccc1OC. The maximum Gasteiger partial charge on any atom is 0.307 e. The molecule has 6 nitrogen and oxygen atoms in total. The molecule has 0 radical (unpaired) electrons. The number of amides is 1. The van der Waals surface area contributed by atoms with E-state index in [2.05, 4.69) is 0 Å². The molecule has 0 bridgehead atoms. The van der Waals surface area contributed by atoms with Crippen molar-refractivity contribution in [3.05, 3.63) is 29.8 Å². The normalized spacial score (nSPS) is 10.6. The van der Waals surface area contributed by atoms with E-state index < -0.39 is 0 Å². The van der Waals surface area contributed by atoms with Crippen molar-refractivity contribution in [2.75, 3.05) is 33.4 Å². The van der Waals surface area contributed by atoms with Crippen LogP contribution in [0.5, 0.6) is 5.75 Å². The molecule has 0 N–H and O–H groups in total. The molecule has 0 aliphatic heterocycles. The number of hydrogen-bond acceptors (Lipinski definition) is 5. The Bertz CT molecular complexity index is 544. The van der Waals surface area contributed by atoms with Crippen molar-refractivity contribution in [2.24, 2.45) is 0 Å². The molecule has 1 aromatic carbocycles. The first kappa shape index (κ1) is 21.0. The summed E-state index contributed by atoms with van der Waals surface area (Å²) in [6.45, 7) is 7.41. The highest BCUT2D eigenvalue weighted by molar-refractivity contribution is 5.97. The third-order valence-corrected chi connectivity index (χ3v) is 3.54. The van der Waals surface area contributed by atoms with Crippen LogP contribution in [0.15, 0.2) is 24.3 Å². The Hall–Kier alpha value is -2.08. The van der Waals surface area contributed by atoms with Gasteiger partial charge < -0.3 is 19.1 Å². The molecule has 0 spiro atoms. The van der Waals surface area contributed by atoms with Gasteiger partial charge in [0.25, 0.3) is 5.91 Å². The fourth-order valence-electron chi connectivity index (χ4n) is 2.34. The number of para-hydroxylation sites is 1. The molecule has 25 heavy (non-hydrogen) atoms. The van der Waals surface area contributed by atoms with Gasteiger partial charge in [-0.2, -0.15) is 0 Å². The summed E-state index contributed by atoms with van der Waals surface area (Å²) in [6, 6.07) is 7.08. The number of hydrogen-bond donors (Lipinski definition) is 0. The van der Waals surface area contributed by atoms with Gasteiger partial charge in [0, 0.05) is 19.7 Å².